The normalized spacial score (nSPS) is 12.1. The molecule has 0 aromatic heterocycles. The van der Waals surface area contributed by atoms with E-state index in [0.717, 1.165) is 83.5 Å². The Bertz CT molecular complexity index is 835. The van der Waals surface area contributed by atoms with Crippen molar-refractivity contribution in [3.05, 3.63) is 24.3 Å². The van der Waals surface area contributed by atoms with Crippen LogP contribution < -0.4 is 0 Å². The molecule has 0 amide bonds. The highest BCUT2D eigenvalue weighted by atomic mass is 16.6. The first-order chi connectivity index (χ1) is 25.0. The van der Waals surface area contributed by atoms with E-state index in [1.54, 1.807) is 0 Å². The first-order valence-electron chi connectivity index (χ1n) is 21.8. The number of ether oxygens (including phenoxy) is 3. The third-order valence-electron chi connectivity index (χ3n) is 9.41. The van der Waals surface area contributed by atoms with Gasteiger partial charge in [0.2, 0.25) is 0 Å². The number of carbonyl (C=O) groups is 3. The van der Waals surface area contributed by atoms with Crippen molar-refractivity contribution in [2.75, 3.05) is 13.2 Å². The van der Waals surface area contributed by atoms with Crippen LogP contribution >= 0.6 is 0 Å². The summed E-state index contributed by atoms with van der Waals surface area (Å²) in [5.74, 6) is -0.897. The van der Waals surface area contributed by atoms with Crippen molar-refractivity contribution in [3.8, 4) is 0 Å². The quantitative estimate of drug-likeness (QED) is 0.0272. The maximum absolute atomic E-state index is 12.6. The van der Waals surface area contributed by atoms with Crippen LogP contribution in [0.3, 0.4) is 0 Å². The van der Waals surface area contributed by atoms with Crippen LogP contribution in [0.2, 0.25) is 0 Å². The lowest BCUT2D eigenvalue weighted by Crippen LogP contribution is -2.30. The third-order valence-corrected chi connectivity index (χ3v) is 9.41. The summed E-state index contributed by atoms with van der Waals surface area (Å²) in [4.78, 5) is 37.5. The average molecular weight is 719 g/mol. The van der Waals surface area contributed by atoms with Crippen LogP contribution in [0.15, 0.2) is 24.3 Å². The first kappa shape index (κ1) is 48.9. The fraction of sp³-hybridized carbons (Fsp3) is 0.844. The molecule has 0 aromatic rings. The van der Waals surface area contributed by atoms with Gasteiger partial charge in [0, 0.05) is 19.3 Å². The van der Waals surface area contributed by atoms with Gasteiger partial charge in [-0.05, 0) is 64.2 Å². The number of hydrogen-bond acceptors (Lipinski definition) is 6. The number of allylic oxidation sites excluding steroid dienone is 4. The van der Waals surface area contributed by atoms with Gasteiger partial charge in [0.25, 0.3) is 0 Å². The molecule has 0 radical (unpaired) electrons. The molecule has 0 rings (SSSR count). The molecule has 0 aliphatic heterocycles. The van der Waals surface area contributed by atoms with Gasteiger partial charge >= 0.3 is 17.9 Å². The molecule has 0 saturated heterocycles. The summed E-state index contributed by atoms with van der Waals surface area (Å²) in [6.45, 7) is 6.52. The van der Waals surface area contributed by atoms with Crippen molar-refractivity contribution >= 4 is 17.9 Å². The molecule has 0 saturated carbocycles. The number of rotatable bonds is 39. The summed E-state index contributed by atoms with van der Waals surface area (Å²) >= 11 is 0. The zero-order chi connectivity index (χ0) is 37.3. The first-order valence-corrected chi connectivity index (χ1v) is 21.8. The van der Waals surface area contributed by atoms with Gasteiger partial charge in [-0.1, -0.05) is 167 Å². The van der Waals surface area contributed by atoms with Crippen molar-refractivity contribution in [2.24, 2.45) is 0 Å². The van der Waals surface area contributed by atoms with Gasteiger partial charge in [-0.15, -0.1) is 0 Å². The monoisotopic (exact) mass is 719 g/mol. The number of unbranched alkanes of at least 4 members (excludes halogenated alkanes) is 24. The summed E-state index contributed by atoms with van der Waals surface area (Å²) in [7, 11) is 0. The smallest absolute Gasteiger partial charge is 0.306 e. The van der Waals surface area contributed by atoms with Gasteiger partial charge in [-0.25, -0.2) is 0 Å². The molecule has 1 unspecified atom stereocenters. The summed E-state index contributed by atoms with van der Waals surface area (Å²) in [6.07, 6.45) is 43.0. The maximum atomic E-state index is 12.6. The van der Waals surface area contributed by atoms with Gasteiger partial charge in [0.1, 0.15) is 13.2 Å². The minimum atomic E-state index is -0.771. The van der Waals surface area contributed by atoms with E-state index in [-0.39, 0.29) is 31.1 Å². The molecular weight excluding hydrogens is 636 g/mol. The molecule has 298 valence electrons. The average Bonchev–Trinajstić information content (AvgIpc) is 3.12. The van der Waals surface area contributed by atoms with E-state index >= 15 is 0 Å². The Morgan fingerprint density at radius 3 is 1.06 bits per heavy atom. The van der Waals surface area contributed by atoms with Crippen LogP contribution in [0, 0.1) is 0 Å². The second-order valence-electron chi connectivity index (χ2n) is 14.6. The number of hydrogen-bond donors (Lipinski definition) is 0. The van der Waals surface area contributed by atoms with E-state index in [0.29, 0.717) is 19.3 Å². The van der Waals surface area contributed by atoms with Crippen molar-refractivity contribution in [3.63, 3.8) is 0 Å². The predicted molar refractivity (Wildman–Crippen MR) is 215 cm³/mol. The molecule has 6 nitrogen and oxygen atoms in total. The lowest BCUT2D eigenvalue weighted by Gasteiger charge is -2.18. The Balaban J connectivity index is 4.35. The Morgan fingerprint density at radius 1 is 0.373 bits per heavy atom. The predicted octanol–water partition coefficient (Wildman–Crippen LogP) is 13.6. The Kier molecular flexibility index (Phi) is 39.0. The van der Waals surface area contributed by atoms with E-state index < -0.39 is 6.10 Å². The van der Waals surface area contributed by atoms with E-state index in [4.69, 9.17) is 14.2 Å². The van der Waals surface area contributed by atoms with Crippen molar-refractivity contribution in [1.29, 1.82) is 0 Å². The van der Waals surface area contributed by atoms with Crippen LogP contribution in [0.4, 0.5) is 0 Å². The van der Waals surface area contributed by atoms with Crippen molar-refractivity contribution < 1.29 is 28.6 Å². The topological polar surface area (TPSA) is 78.9 Å². The Hall–Kier alpha value is -2.11. The van der Waals surface area contributed by atoms with Crippen LogP contribution in [-0.2, 0) is 28.6 Å². The fourth-order valence-corrected chi connectivity index (χ4v) is 6.08. The minimum absolute atomic E-state index is 0.0753. The highest BCUT2D eigenvalue weighted by Gasteiger charge is 2.19. The second kappa shape index (κ2) is 40.7. The largest absolute Gasteiger partial charge is 0.462 e. The standard InChI is InChI=1S/C45H82O6/c1-4-7-10-13-16-19-21-22-23-24-27-29-32-35-38-44(47)50-41-42(40-49-43(46)37-34-31-28-25-18-15-12-9-6-3)51-45(48)39-36-33-30-26-20-17-14-11-8-5-2/h11,14,21-22,42H,4-10,12-13,15-20,23-41H2,1-3H3/b14-11-,22-21-. The minimum Gasteiger partial charge on any atom is -0.462 e. The molecule has 1 atom stereocenters. The van der Waals surface area contributed by atoms with E-state index in [2.05, 4.69) is 45.1 Å². The van der Waals surface area contributed by atoms with Gasteiger partial charge in [-0.3, -0.25) is 14.4 Å². The lowest BCUT2D eigenvalue weighted by molar-refractivity contribution is -0.167. The summed E-state index contributed by atoms with van der Waals surface area (Å²) in [5, 5.41) is 0. The summed E-state index contributed by atoms with van der Waals surface area (Å²) < 4.78 is 16.6. The maximum Gasteiger partial charge on any atom is 0.306 e. The second-order valence-corrected chi connectivity index (χ2v) is 14.6. The summed E-state index contributed by atoms with van der Waals surface area (Å²) in [5.41, 5.74) is 0. The molecule has 51 heavy (non-hydrogen) atoms. The number of esters is 3. The third kappa shape index (κ3) is 38.9. The molecule has 0 aromatic carbocycles. The molecule has 0 bridgehead atoms. The molecule has 0 heterocycles. The van der Waals surface area contributed by atoms with Crippen LogP contribution in [-0.4, -0.2) is 37.2 Å². The molecule has 0 fully saturated rings. The highest BCUT2D eigenvalue weighted by Crippen LogP contribution is 2.14. The van der Waals surface area contributed by atoms with Gasteiger partial charge in [0.15, 0.2) is 6.10 Å². The van der Waals surface area contributed by atoms with E-state index in [9.17, 15) is 14.4 Å². The molecule has 0 aliphatic rings. The molecule has 0 spiro atoms. The molecule has 0 aliphatic carbocycles. The molecule has 6 heteroatoms. The van der Waals surface area contributed by atoms with E-state index in [1.807, 2.05) is 0 Å². The van der Waals surface area contributed by atoms with Gasteiger partial charge in [0.05, 0.1) is 0 Å². The summed E-state index contributed by atoms with van der Waals surface area (Å²) in [6, 6.07) is 0. The molecular formula is C45H82O6. The lowest BCUT2D eigenvalue weighted by atomic mass is 10.1. The van der Waals surface area contributed by atoms with Crippen LogP contribution in [0.5, 0.6) is 0 Å². The zero-order valence-electron chi connectivity index (χ0n) is 33.9. The van der Waals surface area contributed by atoms with E-state index in [1.165, 1.54) is 103 Å². The number of carbonyl (C=O) groups excluding carboxylic acids is 3. The van der Waals surface area contributed by atoms with Gasteiger partial charge < -0.3 is 14.2 Å². The van der Waals surface area contributed by atoms with Crippen LogP contribution in [0.1, 0.15) is 226 Å². The molecule has 0 N–H and O–H groups in total. The Morgan fingerprint density at radius 2 is 0.686 bits per heavy atom. The van der Waals surface area contributed by atoms with Gasteiger partial charge in [-0.2, -0.15) is 0 Å². The SMILES string of the molecule is CCC/C=C\CCCCCCCC(=O)OC(COC(=O)CCCCCCC/C=C\CCCCCCC)COC(=O)CCCCCCCCCCC. The van der Waals surface area contributed by atoms with Crippen LogP contribution in [0.25, 0.3) is 0 Å². The highest BCUT2D eigenvalue weighted by molar-refractivity contribution is 5.71. The Labute approximate surface area is 315 Å². The van der Waals surface area contributed by atoms with Crippen molar-refractivity contribution in [1.82, 2.24) is 0 Å². The van der Waals surface area contributed by atoms with Crippen molar-refractivity contribution in [2.45, 2.75) is 232 Å². The zero-order valence-corrected chi connectivity index (χ0v) is 33.9. The fourth-order valence-electron chi connectivity index (χ4n) is 6.08.